The molecule has 1 unspecified atom stereocenters. The van der Waals surface area contributed by atoms with Gasteiger partial charge in [-0.25, -0.2) is 4.98 Å². The molecule has 0 fully saturated rings. The Bertz CT molecular complexity index is 209. The van der Waals surface area contributed by atoms with Crippen LogP contribution in [0.25, 0.3) is 0 Å². The quantitative estimate of drug-likeness (QED) is 0.668. The smallest absolute Gasteiger partial charge is 0.147 e. The third-order valence-electron chi connectivity index (χ3n) is 1.07. The first-order valence-corrected chi connectivity index (χ1v) is 3.23. The number of rotatable bonds is 1. The molecule has 0 radical (unpaired) electrons. The Balaban J connectivity index is 2.89. The third kappa shape index (κ3) is 1.65. The van der Waals surface area contributed by atoms with E-state index in [1.807, 2.05) is 0 Å². The van der Waals surface area contributed by atoms with E-state index in [1.54, 1.807) is 6.92 Å². The molecule has 4 heteroatoms. The van der Waals surface area contributed by atoms with Crippen molar-refractivity contribution in [2.75, 3.05) is 0 Å². The summed E-state index contributed by atoms with van der Waals surface area (Å²) in [5.41, 5.74) is 0.532. The molecular weight excluding hydrogens is 152 g/mol. The van der Waals surface area contributed by atoms with Crippen molar-refractivity contribution in [1.29, 1.82) is 0 Å². The van der Waals surface area contributed by atoms with Gasteiger partial charge < -0.3 is 5.11 Å². The maximum absolute atomic E-state index is 8.97. The van der Waals surface area contributed by atoms with Gasteiger partial charge in [0.1, 0.15) is 5.15 Å². The van der Waals surface area contributed by atoms with Gasteiger partial charge in [0.05, 0.1) is 24.2 Å². The van der Waals surface area contributed by atoms with Crippen molar-refractivity contribution >= 4 is 11.6 Å². The maximum Gasteiger partial charge on any atom is 0.147 e. The van der Waals surface area contributed by atoms with Crippen molar-refractivity contribution in [3.05, 3.63) is 23.2 Å². The molecule has 1 aromatic rings. The second kappa shape index (κ2) is 2.94. The second-order valence-corrected chi connectivity index (χ2v) is 2.33. The Morgan fingerprint density at radius 2 is 2.20 bits per heavy atom. The van der Waals surface area contributed by atoms with Gasteiger partial charge >= 0.3 is 0 Å². The number of hydrogen-bond donors (Lipinski definition) is 1. The van der Waals surface area contributed by atoms with Crippen LogP contribution >= 0.6 is 11.6 Å². The first-order chi connectivity index (χ1) is 4.70. The first-order valence-electron chi connectivity index (χ1n) is 2.85. The summed E-state index contributed by atoms with van der Waals surface area (Å²) in [6.45, 7) is 1.62. The van der Waals surface area contributed by atoms with Gasteiger partial charge in [0.2, 0.25) is 0 Å². The van der Waals surface area contributed by atoms with E-state index in [-0.39, 0.29) is 0 Å². The summed E-state index contributed by atoms with van der Waals surface area (Å²) in [4.78, 5) is 7.58. The molecule has 0 amide bonds. The Kier molecular flexibility index (Phi) is 2.19. The van der Waals surface area contributed by atoms with Crippen molar-refractivity contribution in [3.63, 3.8) is 0 Å². The van der Waals surface area contributed by atoms with Crippen LogP contribution in [0.5, 0.6) is 0 Å². The van der Waals surface area contributed by atoms with E-state index >= 15 is 0 Å². The Morgan fingerprint density at radius 3 is 2.60 bits per heavy atom. The monoisotopic (exact) mass is 158 g/mol. The molecule has 0 saturated heterocycles. The van der Waals surface area contributed by atoms with Crippen molar-refractivity contribution in [1.82, 2.24) is 9.97 Å². The molecule has 0 saturated carbocycles. The minimum atomic E-state index is -0.579. The second-order valence-electron chi connectivity index (χ2n) is 1.94. The Hall–Kier alpha value is -0.670. The summed E-state index contributed by atoms with van der Waals surface area (Å²) in [6, 6.07) is 0. The van der Waals surface area contributed by atoms with Crippen LogP contribution in [0.1, 0.15) is 18.7 Å². The fourth-order valence-electron chi connectivity index (χ4n) is 0.538. The molecule has 1 heterocycles. The van der Waals surface area contributed by atoms with Gasteiger partial charge in [0.25, 0.3) is 0 Å². The standard InChI is InChI=1S/C6H7ClN2O/c1-4(10)5-2-9-6(7)3-8-5/h2-4,10H,1H3. The number of nitrogens with zero attached hydrogens (tertiary/aromatic N) is 2. The highest BCUT2D eigenvalue weighted by Gasteiger charge is 2.00. The van der Waals surface area contributed by atoms with Gasteiger partial charge in [-0.2, -0.15) is 0 Å². The number of aliphatic hydroxyl groups excluding tert-OH is 1. The summed E-state index contributed by atoms with van der Waals surface area (Å²) in [7, 11) is 0. The van der Waals surface area contributed by atoms with Crippen molar-refractivity contribution in [2.24, 2.45) is 0 Å². The lowest BCUT2D eigenvalue weighted by molar-refractivity contribution is 0.194. The molecule has 0 aliphatic rings. The van der Waals surface area contributed by atoms with Crippen LogP contribution in [-0.2, 0) is 0 Å². The third-order valence-corrected chi connectivity index (χ3v) is 1.26. The minimum absolute atomic E-state index is 0.337. The summed E-state index contributed by atoms with van der Waals surface area (Å²) >= 11 is 5.46. The van der Waals surface area contributed by atoms with E-state index in [9.17, 15) is 0 Å². The van der Waals surface area contributed by atoms with Crippen LogP contribution < -0.4 is 0 Å². The van der Waals surface area contributed by atoms with Crippen LogP contribution in [0, 0.1) is 0 Å². The molecule has 54 valence electrons. The summed E-state index contributed by atoms with van der Waals surface area (Å²) in [6.07, 6.45) is 2.28. The van der Waals surface area contributed by atoms with E-state index in [2.05, 4.69) is 9.97 Å². The van der Waals surface area contributed by atoms with Crippen LogP contribution in [0.15, 0.2) is 12.4 Å². The predicted molar refractivity (Wildman–Crippen MR) is 37.7 cm³/mol. The molecule has 10 heavy (non-hydrogen) atoms. The van der Waals surface area contributed by atoms with Gasteiger partial charge in [-0.1, -0.05) is 11.6 Å². The largest absolute Gasteiger partial charge is 0.387 e. The molecule has 1 rings (SSSR count). The van der Waals surface area contributed by atoms with Crippen LogP contribution in [0.2, 0.25) is 5.15 Å². The van der Waals surface area contributed by atoms with Crippen molar-refractivity contribution in [2.45, 2.75) is 13.0 Å². The minimum Gasteiger partial charge on any atom is -0.387 e. The molecule has 0 aliphatic heterocycles. The zero-order valence-electron chi connectivity index (χ0n) is 5.45. The number of halogens is 1. The maximum atomic E-state index is 8.97. The molecule has 1 atom stereocenters. The molecule has 0 aliphatic carbocycles. The zero-order valence-corrected chi connectivity index (χ0v) is 6.21. The van der Waals surface area contributed by atoms with Crippen LogP contribution in [0.4, 0.5) is 0 Å². The SMILES string of the molecule is CC(O)c1cnc(Cl)cn1. The lowest BCUT2D eigenvalue weighted by Crippen LogP contribution is -1.95. The van der Waals surface area contributed by atoms with Gasteiger partial charge in [-0.15, -0.1) is 0 Å². The van der Waals surface area contributed by atoms with E-state index in [0.29, 0.717) is 10.8 Å². The Labute approximate surface area is 63.7 Å². The highest BCUT2D eigenvalue weighted by molar-refractivity contribution is 6.29. The lowest BCUT2D eigenvalue weighted by atomic mass is 10.3. The van der Waals surface area contributed by atoms with E-state index in [4.69, 9.17) is 16.7 Å². The van der Waals surface area contributed by atoms with Gasteiger partial charge in [0, 0.05) is 0 Å². The lowest BCUT2D eigenvalue weighted by Gasteiger charge is -2.00. The molecule has 1 N–H and O–H groups in total. The number of aromatic nitrogens is 2. The van der Waals surface area contributed by atoms with E-state index in [1.165, 1.54) is 12.4 Å². The highest BCUT2D eigenvalue weighted by Crippen LogP contribution is 2.08. The first kappa shape index (κ1) is 7.44. The highest BCUT2D eigenvalue weighted by atomic mass is 35.5. The number of aliphatic hydroxyl groups is 1. The van der Waals surface area contributed by atoms with Gasteiger partial charge in [-0.3, -0.25) is 4.98 Å². The van der Waals surface area contributed by atoms with Crippen molar-refractivity contribution < 1.29 is 5.11 Å². The van der Waals surface area contributed by atoms with E-state index in [0.717, 1.165) is 0 Å². The van der Waals surface area contributed by atoms with Crippen molar-refractivity contribution in [3.8, 4) is 0 Å². The van der Waals surface area contributed by atoms with E-state index < -0.39 is 6.10 Å². The molecule has 0 aromatic carbocycles. The zero-order chi connectivity index (χ0) is 7.56. The summed E-state index contributed by atoms with van der Waals surface area (Å²) in [5.74, 6) is 0. The fraction of sp³-hybridized carbons (Fsp3) is 0.333. The van der Waals surface area contributed by atoms with Crippen LogP contribution in [0.3, 0.4) is 0 Å². The molecule has 0 spiro atoms. The normalized spacial score (nSPS) is 13.1. The summed E-state index contributed by atoms with van der Waals surface area (Å²) < 4.78 is 0. The molecule has 1 aromatic heterocycles. The molecule has 3 nitrogen and oxygen atoms in total. The topological polar surface area (TPSA) is 46.0 Å². The fourth-order valence-corrected chi connectivity index (χ4v) is 0.636. The average molecular weight is 159 g/mol. The molecular formula is C6H7ClN2O. The van der Waals surface area contributed by atoms with Crippen LogP contribution in [-0.4, -0.2) is 15.1 Å². The molecule has 0 bridgehead atoms. The van der Waals surface area contributed by atoms with Gasteiger partial charge in [0.15, 0.2) is 0 Å². The summed E-state index contributed by atoms with van der Waals surface area (Å²) in [5, 5.41) is 9.31. The average Bonchev–Trinajstić information content (AvgIpc) is 1.88. The van der Waals surface area contributed by atoms with Gasteiger partial charge in [-0.05, 0) is 6.92 Å². The Morgan fingerprint density at radius 1 is 1.50 bits per heavy atom. The number of hydrogen-bond acceptors (Lipinski definition) is 3. The predicted octanol–water partition coefficient (Wildman–Crippen LogP) is 1.18.